The Bertz CT molecular complexity index is 4660. The number of fused-ring (bicyclic) bond motifs is 5. The van der Waals surface area contributed by atoms with E-state index < -0.39 is 59.4 Å². The molecule has 10 aromatic carbocycles. The van der Waals surface area contributed by atoms with Gasteiger partial charge >= 0.3 is 23.9 Å². The van der Waals surface area contributed by atoms with E-state index in [1.165, 1.54) is 60.3 Å². The molecule has 10 aromatic rings. The van der Waals surface area contributed by atoms with Gasteiger partial charge in [0, 0.05) is 24.0 Å². The summed E-state index contributed by atoms with van der Waals surface area (Å²) >= 11 is 4.04. The molecule has 0 spiro atoms. The maximum absolute atomic E-state index is 12.9. The number of carboxylic acids is 1. The Kier molecular flexibility index (Phi) is 34.1. The molecule has 1 aliphatic rings. The minimum Gasteiger partial charge on any atom is -0.491 e. The van der Waals surface area contributed by atoms with Crippen LogP contribution < -0.4 is 14.2 Å². The highest BCUT2D eigenvalue weighted by molar-refractivity contribution is 14.2. The molecule has 1 heterocycles. The lowest BCUT2D eigenvalue weighted by molar-refractivity contribution is -0.154. The molecule has 2 radical (unpaired) electrons. The fourth-order valence-electron chi connectivity index (χ4n) is 13.9. The van der Waals surface area contributed by atoms with Gasteiger partial charge in [-0.25, -0.2) is 0 Å². The number of aliphatic hydroxyl groups is 3. The molecule has 10 atom stereocenters. The van der Waals surface area contributed by atoms with Crippen LogP contribution in [-0.4, -0.2) is 112 Å². The van der Waals surface area contributed by atoms with Crippen molar-refractivity contribution < 1.29 is 68.0 Å². The number of cyclic esters (lactones) is 1. The first-order valence-electron chi connectivity index (χ1n) is 36.2. The van der Waals surface area contributed by atoms with Crippen molar-refractivity contribution in [3.05, 3.63) is 219 Å². The lowest BCUT2D eigenvalue weighted by Gasteiger charge is -2.23. The smallest absolute Gasteiger partial charge is 0.310 e. The largest absolute Gasteiger partial charge is 0.491 e. The van der Waals surface area contributed by atoms with E-state index in [2.05, 4.69) is 155 Å². The number of rotatable bonds is 30. The minimum atomic E-state index is -1.06. The molecule has 566 valence electrons. The molecular formula is C87H104B2I2O14P2. The normalized spacial score (nSPS) is 15.2. The third-order valence-corrected chi connectivity index (χ3v) is 23.1. The van der Waals surface area contributed by atoms with Gasteiger partial charge in [-0.15, -0.1) is 22.4 Å². The first kappa shape index (κ1) is 87.3. The van der Waals surface area contributed by atoms with Crippen molar-refractivity contribution in [1.82, 2.24) is 0 Å². The second-order valence-electron chi connectivity index (χ2n) is 27.6. The summed E-state index contributed by atoms with van der Waals surface area (Å²) in [6, 6.07) is 56.5. The molecule has 1 saturated heterocycles. The van der Waals surface area contributed by atoms with Crippen LogP contribution in [0.1, 0.15) is 151 Å². The maximum Gasteiger partial charge on any atom is 0.310 e. The summed E-state index contributed by atoms with van der Waals surface area (Å²) in [5.41, 5.74) is 11.0. The zero-order valence-corrected chi connectivity index (χ0v) is 67.8. The predicted molar refractivity (Wildman–Crippen MR) is 461 cm³/mol. The molecule has 0 saturated carbocycles. The van der Waals surface area contributed by atoms with Crippen LogP contribution in [-0.2, 0) is 71.9 Å². The standard InChI is InChI=1S/C40H44B2I2O10P2.C32H38O2.C13H14O2.2CH4/c1-5-29-30-12-8-7-11-26(30)15-27(38(29)51-21-24(4)52-34(45)17-28-18-36(56(41)44)54-40(28)49)16-32-31-13-9-6-10-25(31)14-22(2)37(32)50-20-23(3)53-35(46)19-33(39(47)48)42(43)55;1-5-27-29-12-8-7-11-25(29)19-26(31(27)17-15-23(4)34)20-32-28(16-14-22(3)33)21(2)18-24-10-6-9-13-30(24)32;1-10(14)9-15-13-7-6-11-4-2-3-5-12(11)8-13;;/h6-15,23-24,28,33,36H,5,16-21,55H2,1-4H3,(H,47,48);6-13,18-19,22-23,33-34H,5,14-17,20H2,1-4H3;2-8,10,14H,9H2,1H3;2*1H4. The first-order valence-corrected chi connectivity index (χ1v) is 42.4. The lowest BCUT2D eigenvalue weighted by atomic mass is 9.82. The van der Waals surface area contributed by atoms with Crippen molar-refractivity contribution >= 4 is 149 Å². The van der Waals surface area contributed by atoms with Gasteiger partial charge in [-0.05, 0) is 216 Å². The monoisotopic (exact) mass is 1710 g/mol. The molecule has 0 bridgehead atoms. The Morgan fingerprint density at radius 1 is 0.561 bits per heavy atom. The van der Waals surface area contributed by atoms with E-state index >= 15 is 0 Å². The minimum absolute atomic E-state index is 0. The van der Waals surface area contributed by atoms with Crippen LogP contribution in [0.5, 0.6) is 17.2 Å². The number of carbonyl (C=O) groups is 4. The van der Waals surface area contributed by atoms with Crippen molar-refractivity contribution in [2.75, 3.05) is 19.8 Å². The zero-order chi connectivity index (χ0) is 75.6. The third-order valence-electron chi connectivity index (χ3n) is 19.1. The van der Waals surface area contributed by atoms with Crippen LogP contribution in [0.4, 0.5) is 0 Å². The number of hydrogen-bond donors (Lipinski definition) is 4. The topological polar surface area (TPSA) is 205 Å². The molecule has 0 amide bonds. The molecule has 11 rings (SSSR count). The van der Waals surface area contributed by atoms with Gasteiger partial charge in [0.25, 0.3) is 4.29 Å². The van der Waals surface area contributed by atoms with Gasteiger partial charge in [-0.2, -0.15) is 9.12 Å². The Labute approximate surface area is 663 Å². The zero-order valence-electron chi connectivity index (χ0n) is 61.4. The third kappa shape index (κ3) is 23.8. The van der Waals surface area contributed by atoms with Crippen LogP contribution >= 0.6 is 59.0 Å². The average molecular weight is 1710 g/mol. The van der Waals surface area contributed by atoms with Crippen LogP contribution in [0.25, 0.3) is 53.9 Å². The van der Waals surface area contributed by atoms with Gasteiger partial charge in [0.15, 0.2) is 0 Å². The van der Waals surface area contributed by atoms with Crippen LogP contribution in [0.2, 0.25) is 5.82 Å². The second-order valence-corrected chi connectivity index (χ2v) is 35.7. The van der Waals surface area contributed by atoms with Crippen molar-refractivity contribution in [2.24, 2.45) is 5.92 Å². The summed E-state index contributed by atoms with van der Waals surface area (Å²) in [7, 11) is 8.39. The fourth-order valence-corrected chi connectivity index (χ4v) is 16.4. The first-order chi connectivity index (χ1) is 50.3. The number of carbonyl (C=O) groups excluding carboxylic acids is 3. The molecule has 1 aliphatic heterocycles. The second kappa shape index (κ2) is 41.8. The number of carboxylic acid groups (broad SMARTS) is 1. The molecular weight excluding hydrogens is 1610 g/mol. The van der Waals surface area contributed by atoms with Gasteiger partial charge in [0.05, 0.1) is 42.9 Å². The van der Waals surface area contributed by atoms with Gasteiger partial charge in [0.2, 0.25) is 0 Å². The number of benzene rings is 10. The van der Waals surface area contributed by atoms with E-state index in [9.17, 15) is 34.5 Å². The molecule has 20 heteroatoms. The fraction of sp³-hybridized carbons (Fsp3) is 0.379. The van der Waals surface area contributed by atoms with Crippen molar-refractivity contribution in [1.29, 1.82) is 0 Å². The quantitative estimate of drug-likeness (QED) is 0.0109. The highest BCUT2D eigenvalue weighted by Crippen LogP contribution is 2.51. The maximum atomic E-state index is 12.9. The Balaban J connectivity index is 0.000000262. The van der Waals surface area contributed by atoms with Gasteiger partial charge < -0.3 is 48.8 Å². The number of aliphatic hydroxyl groups excluding tert-OH is 3. The Hall–Kier alpha value is -6.89. The summed E-state index contributed by atoms with van der Waals surface area (Å²) in [6.07, 6.45) is 4.01. The Morgan fingerprint density at radius 2 is 1.03 bits per heavy atom. The summed E-state index contributed by atoms with van der Waals surface area (Å²) in [6.45, 7) is 17.9. The number of esters is 3. The van der Waals surface area contributed by atoms with Crippen molar-refractivity contribution in [3.63, 3.8) is 0 Å². The highest BCUT2D eigenvalue weighted by atomic mass is 127. The van der Waals surface area contributed by atoms with Gasteiger partial charge in [-0.3, -0.25) is 19.2 Å². The number of hydrogen-bond acceptors (Lipinski definition) is 13. The van der Waals surface area contributed by atoms with Crippen molar-refractivity contribution in [3.8, 4) is 17.2 Å². The van der Waals surface area contributed by atoms with Crippen LogP contribution in [0.15, 0.2) is 164 Å². The summed E-state index contributed by atoms with van der Waals surface area (Å²) in [5.74, 6) is -2.25. The molecule has 1 fully saturated rings. The number of aliphatic carboxylic acids is 1. The Morgan fingerprint density at radius 3 is 1.55 bits per heavy atom. The SMILES string of the molecule is C.C.CC(O)COc1ccc2ccccc2c1.CCc1c(CCC(C)O)c(Cc2c(CCC(C)O)c(C)cc3ccccc23)cc2ccccc12.[B]P(I)C1CC(CC(=O)OC(C)COc2c(Cc3c(OCC(C)OC(=O)CC(B(P)I)C(=O)O)c(C)cc4ccccc34)cc3ccccc3c2CC)C(=O)O1. The van der Waals surface area contributed by atoms with E-state index in [4.69, 9.17) is 41.1 Å². The van der Waals surface area contributed by atoms with E-state index in [1.807, 2.05) is 104 Å². The highest BCUT2D eigenvalue weighted by Gasteiger charge is 2.38. The van der Waals surface area contributed by atoms with Crippen LogP contribution in [0.3, 0.4) is 0 Å². The number of halogens is 2. The number of aryl methyl sites for hydroxylation is 4. The molecule has 0 aliphatic carbocycles. The summed E-state index contributed by atoms with van der Waals surface area (Å²) < 4.78 is 34.9. The predicted octanol–water partition coefficient (Wildman–Crippen LogP) is 19.9. The summed E-state index contributed by atoms with van der Waals surface area (Å²) in [5, 5.41) is 50.5. The van der Waals surface area contributed by atoms with Crippen molar-refractivity contribution in [2.45, 2.75) is 190 Å². The molecule has 4 N–H and O–H groups in total. The average Bonchev–Trinajstić information content (AvgIpc) is 1.60. The van der Waals surface area contributed by atoms with E-state index in [0.29, 0.717) is 37.4 Å². The van der Waals surface area contributed by atoms with Crippen LogP contribution in [0, 0.1) is 19.8 Å². The van der Waals surface area contributed by atoms with E-state index in [-0.39, 0.29) is 63.3 Å². The summed E-state index contributed by atoms with van der Waals surface area (Å²) in [4.78, 5) is 49.7. The molecule has 14 nitrogen and oxygen atoms in total. The van der Waals surface area contributed by atoms with E-state index in [0.717, 1.165) is 93.5 Å². The lowest BCUT2D eigenvalue weighted by Crippen LogP contribution is -2.26. The molecule has 107 heavy (non-hydrogen) atoms. The molecule has 10 unspecified atom stereocenters. The number of ether oxygens (including phenoxy) is 6. The molecule has 0 aromatic heterocycles. The van der Waals surface area contributed by atoms with Gasteiger partial charge in [0.1, 0.15) is 62.7 Å². The van der Waals surface area contributed by atoms with Gasteiger partial charge in [-0.1, -0.05) is 196 Å². The van der Waals surface area contributed by atoms with E-state index in [1.54, 1.807) is 20.8 Å².